The van der Waals surface area contributed by atoms with Crippen molar-refractivity contribution < 1.29 is 14.0 Å². The summed E-state index contributed by atoms with van der Waals surface area (Å²) in [5.41, 5.74) is 3.49. The number of amides is 1. The first-order chi connectivity index (χ1) is 16.0. The molecule has 0 saturated carbocycles. The average molecular weight is 460 g/mol. The number of anilines is 1. The molecule has 1 amide bonds. The van der Waals surface area contributed by atoms with E-state index < -0.39 is 5.92 Å². The van der Waals surface area contributed by atoms with Gasteiger partial charge in [0.1, 0.15) is 11.6 Å². The summed E-state index contributed by atoms with van der Waals surface area (Å²) in [5, 5.41) is 6.82. The van der Waals surface area contributed by atoms with Crippen LogP contribution in [-0.4, -0.2) is 16.7 Å². The zero-order valence-corrected chi connectivity index (χ0v) is 18.7. The van der Waals surface area contributed by atoms with Gasteiger partial charge in [-0.1, -0.05) is 29.8 Å². The largest absolute Gasteiger partial charge is 0.469 e. The Kier molecular flexibility index (Phi) is 5.60. The van der Waals surface area contributed by atoms with Crippen molar-refractivity contribution in [2.24, 2.45) is 0 Å². The Morgan fingerprint density at radius 3 is 2.64 bits per heavy atom. The maximum Gasteiger partial charge on any atom is 0.255 e. The molecular weight excluding hydrogens is 438 g/mol. The van der Waals surface area contributed by atoms with Gasteiger partial charge in [-0.15, -0.1) is 0 Å². The van der Waals surface area contributed by atoms with Crippen LogP contribution in [0.25, 0.3) is 0 Å². The monoisotopic (exact) mass is 459 g/mol. The molecule has 0 bridgehead atoms. The molecule has 0 fully saturated rings. The Labute approximate surface area is 196 Å². The smallest absolute Gasteiger partial charge is 0.255 e. The maximum absolute atomic E-state index is 13.5. The molecule has 6 nitrogen and oxygen atoms in total. The number of benzene rings is 1. The number of furan rings is 1. The van der Waals surface area contributed by atoms with Crippen molar-refractivity contribution in [3.8, 4) is 0 Å². The molecule has 2 N–H and O–H groups in total. The van der Waals surface area contributed by atoms with Crippen LogP contribution in [0.2, 0.25) is 5.02 Å². The molecule has 0 saturated heterocycles. The molecule has 1 aromatic carbocycles. The number of nitrogens with one attached hydrogen (secondary N) is 2. The number of halogens is 1. The number of hydrogen-bond acceptors (Lipinski definition) is 5. The van der Waals surface area contributed by atoms with Crippen LogP contribution in [0.15, 0.2) is 94.0 Å². The number of hydrogen-bond donors (Lipinski definition) is 2. The second kappa shape index (κ2) is 8.71. The van der Waals surface area contributed by atoms with E-state index in [1.807, 2.05) is 31.2 Å². The SMILES string of the molecule is CC1=C(C(=O)Nc2ccccn2)[C@H](c2ccc(Cl)cc2)C2=C(C[C@H](c3ccco3)CC2=O)N1. The lowest BCUT2D eigenvalue weighted by atomic mass is 9.72. The highest BCUT2D eigenvalue weighted by Crippen LogP contribution is 2.45. The number of allylic oxidation sites excluding steroid dienone is 3. The zero-order valence-electron chi connectivity index (χ0n) is 18.0. The molecule has 2 atom stereocenters. The zero-order chi connectivity index (χ0) is 22.9. The summed E-state index contributed by atoms with van der Waals surface area (Å²) in [6, 6.07) is 16.4. The highest BCUT2D eigenvalue weighted by molar-refractivity contribution is 6.30. The van der Waals surface area contributed by atoms with Crippen molar-refractivity contribution >= 4 is 29.1 Å². The summed E-state index contributed by atoms with van der Waals surface area (Å²) >= 11 is 6.13. The molecule has 2 aromatic heterocycles. The van der Waals surface area contributed by atoms with E-state index in [2.05, 4.69) is 15.6 Å². The lowest BCUT2D eigenvalue weighted by Gasteiger charge is -2.36. The van der Waals surface area contributed by atoms with Crippen molar-refractivity contribution in [1.29, 1.82) is 0 Å². The van der Waals surface area contributed by atoms with Gasteiger partial charge in [0, 0.05) is 52.0 Å². The molecule has 166 valence electrons. The standard InChI is InChI=1S/C26H22ClN3O3/c1-15-23(26(32)30-22-6-2-3-11-28-22)24(16-7-9-18(27)10-8-16)25-19(29-15)13-17(14-20(25)31)21-5-4-12-33-21/h2-12,17,24,29H,13-14H2,1H3,(H,28,30,32)/t17-,24-/m0/s1. The van der Waals surface area contributed by atoms with Gasteiger partial charge in [0.2, 0.25) is 0 Å². The van der Waals surface area contributed by atoms with Gasteiger partial charge in [0.05, 0.1) is 6.26 Å². The summed E-state index contributed by atoms with van der Waals surface area (Å²) in [6.45, 7) is 1.86. The van der Waals surface area contributed by atoms with Gasteiger partial charge in [-0.05, 0) is 55.3 Å². The second-order valence-electron chi connectivity index (χ2n) is 8.25. The number of carbonyl (C=O) groups excluding carboxylic acids is 2. The summed E-state index contributed by atoms with van der Waals surface area (Å²) in [4.78, 5) is 31.1. The van der Waals surface area contributed by atoms with Crippen molar-refractivity contribution in [3.05, 3.63) is 106 Å². The van der Waals surface area contributed by atoms with E-state index in [0.717, 1.165) is 17.0 Å². The Morgan fingerprint density at radius 2 is 1.94 bits per heavy atom. The summed E-state index contributed by atoms with van der Waals surface area (Å²) in [6.07, 6.45) is 4.20. The van der Waals surface area contributed by atoms with Gasteiger partial charge in [0.15, 0.2) is 5.78 Å². The van der Waals surface area contributed by atoms with Crippen LogP contribution in [0.4, 0.5) is 5.82 Å². The fraction of sp³-hybridized carbons (Fsp3) is 0.192. The van der Waals surface area contributed by atoms with E-state index in [-0.39, 0.29) is 17.6 Å². The number of nitrogens with zero attached hydrogens (tertiary/aromatic N) is 1. The fourth-order valence-corrected chi connectivity index (χ4v) is 4.80. The van der Waals surface area contributed by atoms with E-state index in [0.29, 0.717) is 40.5 Å². The molecule has 3 aromatic rings. The minimum Gasteiger partial charge on any atom is -0.469 e. The molecule has 1 aliphatic carbocycles. The number of dihydropyridines is 1. The summed E-state index contributed by atoms with van der Waals surface area (Å²) < 4.78 is 5.58. The molecule has 7 heteroatoms. The second-order valence-corrected chi connectivity index (χ2v) is 8.69. The first kappa shape index (κ1) is 21.2. The van der Waals surface area contributed by atoms with Gasteiger partial charge >= 0.3 is 0 Å². The molecular formula is C26H22ClN3O3. The Hall–Kier alpha value is -3.64. The highest BCUT2D eigenvalue weighted by atomic mass is 35.5. The first-order valence-electron chi connectivity index (χ1n) is 10.8. The topological polar surface area (TPSA) is 84.2 Å². The number of aromatic nitrogens is 1. The summed E-state index contributed by atoms with van der Waals surface area (Å²) in [7, 11) is 0. The van der Waals surface area contributed by atoms with Crippen molar-refractivity contribution in [1.82, 2.24) is 10.3 Å². The molecule has 0 spiro atoms. The van der Waals surface area contributed by atoms with Gasteiger partial charge in [-0.3, -0.25) is 9.59 Å². The molecule has 1 aliphatic heterocycles. The van der Waals surface area contributed by atoms with Crippen LogP contribution in [0.3, 0.4) is 0 Å². The van der Waals surface area contributed by atoms with E-state index in [1.165, 1.54) is 0 Å². The van der Waals surface area contributed by atoms with E-state index in [4.69, 9.17) is 16.0 Å². The van der Waals surface area contributed by atoms with E-state index in [9.17, 15) is 9.59 Å². The van der Waals surface area contributed by atoms with Crippen LogP contribution in [0, 0.1) is 0 Å². The predicted molar refractivity (Wildman–Crippen MR) is 126 cm³/mol. The Morgan fingerprint density at radius 1 is 1.12 bits per heavy atom. The Balaban J connectivity index is 1.57. The minimum absolute atomic E-state index is 0.000682. The molecule has 2 aliphatic rings. The van der Waals surface area contributed by atoms with Gasteiger partial charge in [0.25, 0.3) is 5.91 Å². The van der Waals surface area contributed by atoms with E-state index >= 15 is 0 Å². The lowest BCUT2D eigenvalue weighted by molar-refractivity contribution is -0.116. The van der Waals surface area contributed by atoms with E-state index in [1.54, 1.807) is 42.8 Å². The molecule has 5 rings (SSSR count). The van der Waals surface area contributed by atoms with Crippen LogP contribution in [0.5, 0.6) is 0 Å². The third kappa shape index (κ3) is 4.10. The number of carbonyl (C=O) groups is 2. The van der Waals surface area contributed by atoms with Crippen LogP contribution in [0.1, 0.15) is 42.9 Å². The van der Waals surface area contributed by atoms with Crippen LogP contribution < -0.4 is 10.6 Å². The predicted octanol–water partition coefficient (Wildman–Crippen LogP) is 5.33. The number of Topliss-reactive ketones (excluding diaryl/α,β-unsaturated/α-hetero) is 1. The Bertz CT molecular complexity index is 1260. The third-order valence-corrected chi connectivity index (χ3v) is 6.38. The van der Waals surface area contributed by atoms with Gasteiger partial charge in [-0.25, -0.2) is 4.98 Å². The average Bonchev–Trinajstić information content (AvgIpc) is 3.34. The first-order valence-corrected chi connectivity index (χ1v) is 11.1. The molecule has 0 unspecified atom stereocenters. The van der Waals surface area contributed by atoms with Gasteiger partial charge < -0.3 is 15.1 Å². The lowest BCUT2D eigenvalue weighted by Crippen LogP contribution is -2.37. The number of rotatable bonds is 4. The quantitative estimate of drug-likeness (QED) is 0.551. The fourth-order valence-electron chi connectivity index (χ4n) is 4.67. The maximum atomic E-state index is 13.5. The van der Waals surface area contributed by atoms with Crippen molar-refractivity contribution in [2.45, 2.75) is 31.6 Å². The normalized spacial score (nSPS) is 20.4. The number of ketones is 1. The molecule has 3 heterocycles. The highest BCUT2D eigenvalue weighted by Gasteiger charge is 2.41. The van der Waals surface area contributed by atoms with Crippen molar-refractivity contribution in [2.75, 3.05) is 5.32 Å². The van der Waals surface area contributed by atoms with Gasteiger partial charge in [-0.2, -0.15) is 0 Å². The molecule has 33 heavy (non-hydrogen) atoms. The third-order valence-electron chi connectivity index (χ3n) is 6.13. The minimum atomic E-state index is -0.507. The molecule has 0 radical (unpaired) electrons. The van der Waals surface area contributed by atoms with Crippen molar-refractivity contribution in [3.63, 3.8) is 0 Å². The summed E-state index contributed by atoms with van der Waals surface area (Å²) in [5.74, 6) is 0.394. The number of pyridine rings is 1. The van der Waals surface area contributed by atoms with Crippen LogP contribution in [-0.2, 0) is 9.59 Å². The van der Waals surface area contributed by atoms with Crippen LogP contribution >= 0.6 is 11.6 Å².